The molecule has 1 saturated carbocycles. The van der Waals surface area contributed by atoms with E-state index in [0.717, 1.165) is 40.9 Å². The molecule has 4 aromatic rings. The van der Waals surface area contributed by atoms with Gasteiger partial charge in [-0.25, -0.2) is 13.9 Å². The van der Waals surface area contributed by atoms with Crippen LogP contribution in [0.4, 0.5) is 14.6 Å². The highest BCUT2D eigenvalue weighted by molar-refractivity contribution is 5.92. The summed E-state index contributed by atoms with van der Waals surface area (Å²) in [6, 6.07) is 15.7. The van der Waals surface area contributed by atoms with Gasteiger partial charge in [0.2, 0.25) is 5.95 Å². The Bertz CT molecular complexity index is 1140. The zero-order valence-corrected chi connectivity index (χ0v) is 15.8. The molecule has 3 heterocycles. The van der Waals surface area contributed by atoms with Crippen molar-refractivity contribution < 1.29 is 8.78 Å². The van der Waals surface area contributed by atoms with Crippen LogP contribution in [0.15, 0.2) is 60.8 Å². The summed E-state index contributed by atoms with van der Waals surface area (Å²) in [5, 5.41) is 8.47. The minimum Gasteiger partial charge on any atom is -0.367 e. The topological polar surface area (TPSA) is 42.2 Å². The predicted molar refractivity (Wildman–Crippen MR) is 110 cm³/mol. The number of hydrogen-bond acceptors (Lipinski definition) is 3. The van der Waals surface area contributed by atoms with Crippen LogP contribution >= 0.6 is 0 Å². The number of aromatic nitrogens is 3. The molecule has 1 aliphatic carbocycles. The molecule has 6 heteroatoms. The van der Waals surface area contributed by atoms with Crippen LogP contribution in [-0.2, 0) is 0 Å². The predicted octanol–water partition coefficient (Wildman–Crippen LogP) is 5.70. The van der Waals surface area contributed by atoms with Gasteiger partial charge in [0.05, 0.1) is 5.52 Å². The van der Waals surface area contributed by atoms with Crippen molar-refractivity contribution in [3.63, 3.8) is 0 Å². The van der Waals surface area contributed by atoms with Crippen molar-refractivity contribution in [3.05, 3.63) is 72.6 Å². The molecule has 0 spiro atoms. The minimum absolute atomic E-state index is 0.300. The zero-order chi connectivity index (χ0) is 19.8. The van der Waals surface area contributed by atoms with Gasteiger partial charge >= 0.3 is 0 Å². The molecule has 1 aromatic carbocycles. The largest absolute Gasteiger partial charge is 0.367 e. The van der Waals surface area contributed by atoms with Gasteiger partial charge in [0, 0.05) is 28.9 Å². The van der Waals surface area contributed by atoms with Crippen LogP contribution in [0.25, 0.3) is 27.9 Å². The second-order valence-electron chi connectivity index (χ2n) is 7.43. The third-order valence-corrected chi connectivity index (χ3v) is 5.50. The number of benzene rings is 1. The molecular weight excluding hydrogens is 370 g/mol. The molecule has 146 valence electrons. The molecule has 0 aliphatic heterocycles. The highest BCUT2D eigenvalue weighted by Crippen LogP contribution is 2.36. The summed E-state index contributed by atoms with van der Waals surface area (Å²) in [4.78, 5) is 3.82. The Morgan fingerprint density at radius 1 is 0.897 bits per heavy atom. The maximum absolute atomic E-state index is 13.5. The molecule has 3 aromatic heterocycles. The number of nitrogens with one attached hydrogen (secondary N) is 1. The Balaban J connectivity index is 1.71. The van der Waals surface area contributed by atoms with Gasteiger partial charge in [-0.1, -0.05) is 18.9 Å². The first-order chi connectivity index (χ1) is 14.2. The summed E-state index contributed by atoms with van der Waals surface area (Å²) in [6.45, 7) is 0. The number of rotatable bonds is 4. The van der Waals surface area contributed by atoms with E-state index >= 15 is 0 Å². The number of nitrogens with zero attached hydrogens (tertiary/aromatic N) is 3. The Morgan fingerprint density at radius 2 is 1.66 bits per heavy atom. The zero-order valence-electron chi connectivity index (χ0n) is 15.8. The first kappa shape index (κ1) is 17.8. The maximum atomic E-state index is 13.5. The van der Waals surface area contributed by atoms with Crippen LogP contribution < -0.4 is 5.32 Å². The number of fused-ring (bicyclic) bond motifs is 1. The molecule has 1 fully saturated rings. The van der Waals surface area contributed by atoms with Crippen molar-refractivity contribution in [2.24, 2.45) is 0 Å². The average molecular weight is 390 g/mol. The second kappa shape index (κ2) is 7.28. The maximum Gasteiger partial charge on any atom is 0.212 e. The van der Waals surface area contributed by atoms with E-state index in [-0.39, 0.29) is 5.82 Å². The van der Waals surface area contributed by atoms with Gasteiger partial charge in [0.15, 0.2) is 0 Å². The van der Waals surface area contributed by atoms with Gasteiger partial charge in [-0.15, -0.1) is 0 Å². The fraction of sp³-hybridized carbons (Fsp3) is 0.217. The van der Waals surface area contributed by atoms with E-state index in [0.29, 0.717) is 11.7 Å². The summed E-state index contributed by atoms with van der Waals surface area (Å²) in [5.41, 5.74) is 4.00. The number of halogens is 2. The van der Waals surface area contributed by atoms with Crippen LogP contribution in [-0.4, -0.2) is 20.6 Å². The normalized spacial score (nSPS) is 14.6. The van der Waals surface area contributed by atoms with E-state index in [4.69, 9.17) is 5.10 Å². The number of pyridine rings is 2. The lowest BCUT2D eigenvalue weighted by molar-refractivity contribution is 0.584. The molecule has 0 saturated heterocycles. The van der Waals surface area contributed by atoms with E-state index in [9.17, 15) is 8.78 Å². The van der Waals surface area contributed by atoms with Crippen molar-refractivity contribution in [2.45, 2.75) is 31.7 Å². The quantitative estimate of drug-likeness (QED) is 0.455. The van der Waals surface area contributed by atoms with Gasteiger partial charge in [0.25, 0.3) is 0 Å². The van der Waals surface area contributed by atoms with Gasteiger partial charge in [-0.05, 0) is 61.4 Å². The van der Waals surface area contributed by atoms with Crippen LogP contribution in [0, 0.1) is 11.8 Å². The Hall–Kier alpha value is -3.28. The molecule has 1 aliphatic rings. The van der Waals surface area contributed by atoms with Gasteiger partial charge in [0.1, 0.15) is 17.3 Å². The fourth-order valence-corrected chi connectivity index (χ4v) is 4.08. The van der Waals surface area contributed by atoms with Crippen LogP contribution in [0.3, 0.4) is 0 Å². The lowest BCUT2D eigenvalue weighted by atomic mass is 10.0. The fourth-order valence-electron chi connectivity index (χ4n) is 4.08. The van der Waals surface area contributed by atoms with Crippen LogP contribution in [0.1, 0.15) is 25.7 Å². The van der Waals surface area contributed by atoms with Gasteiger partial charge < -0.3 is 5.32 Å². The summed E-state index contributed by atoms with van der Waals surface area (Å²) < 4.78 is 28.8. The highest BCUT2D eigenvalue weighted by atomic mass is 19.1. The third-order valence-electron chi connectivity index (χ3n) is 5.50. The molecule has 0 bridgehead atoms. The third kappa shape index (κ3) is 3.35. The highest BCUT2D eigenvalue weighted by Gasteiger charge is 2.20. The van der Waals surface area contributed by atoms with Crippen molar-refractivity contribution in [1.82, 2.24) is 14.6 Å². The summed E-state index contributed by atoms with van der Waals surface area (Å²) >= 11 is 0. The van der Waals surface area contributed by atoms with Gasteiger partial charge in [-0.3, -0.25) is 0 Å². The number of hydrogen-bond donors (Lipinski definition) is 1. The first-order valence-corrected chi connectivity index (χ1v) is 9.85. The van der Waals surface area contributed by atoms with Crippen molar-refractivity contribution in [2.75, 3.05) is 5.32 Å². The van der Waals surface area contributed by atoms with E-state index in [1.54, 1.807) is 18.2 Å². The Morgan fingerprint density at radius 3 is 2.38 bits per heavy atom. The smallest absolute Gasteiger partial charge is 0.212 e. The van der Waals surface area contributed by atoms with Crippen molar-refractivity contribution >= 4 is 11.3 Å². The van der Waals surface area contributed by atoms with E-state index in [2.05, 4.69) is 10.3 Å². The van der Waals surface area contributed by atoms with Crippen molar-refractivity contribution in [1.29, 1.82) is 0 Å². The summed E-state index contributed by atoms with van der Waals surface area (Å²) in [6.07, 6.45) is 6.28. The molecule has 0 amide bonds. The van der Waals surface area contributed by atoms with Crippen LogP contribution in [0.2, 0.25) is 0 Å². The molecule has 0 unspecified atom stereocenters. The van der Waals surface area contributed by atoms with E-state index in [1.165, 1.54) is 37.2 Å². The molecular formula is C23H20F2N4. The SMILES string of the molecule is Fc1ccc(-c2nn3c(NC4CCCC4)cccc3c2-c2ccc(F)nc2)cc1. The van der Waals surface area contributed by atoms with E-state index < -0.39 is 5.95 Å². The van der Waals surface area contributed by atoms with Gasteiger partial charge in [-0.2, -0.15) is 9.49 Å². The van der Waals surface area contributed by atoms with Crippen LogP contribution in [0.5, 0.6) is 0 Å². The second-order valence-corrected chi connectivity index (χ2v) is 7.43. The van der Waals surface area contributed by atoms with E-state index in [1.807, 2.05) is 22.7 Å². The monoisotopic (exact) mass is 390 g/mol. The minimum atomic E-state index is -0.530. The van der Waals surface area contributed by atoms with Crippen molar-refractivity contribution in [3.8, 4) is 22.4 Å². The molecule has 4 nitrogen and oxygen atoms in total. The first-order valence-electron chi connectivity index (χ1n) is 9.85. The molecule has 0 atom stereocenters. The molecule has 29 heavy (non-hydrogen) atoms. The lowest BCUT2D eigenvalue weighted by Gasteiger charge is -2.14. The molecule has 5 rings (SSSR count). The molecule has 1 N–H and O–H groups in total. The lowest BCUT2D eigenvalue weighted by Crippen LogP contribution is -2.16. The summed E-state index contributed by atoms with van der Waals surface area (Å²) in [5.74, 6) is 0.0855. The molecule has 0 radical (unpaired) electrons. The Labute approximate surface area is 167 Å². The standard InChI is InChI=1S/C23H20F2N4/c24-17-11-8-15(9-12-17)23-22(16-10-13-20(25)26-14-16)19-6-3-7-21(29(19)28-23)27-18-4-1-2-5-18/h3,6-14,18,27H,1-2,4-5H2. The Kier molecular flexibility index (Phi) is 4.46. The summed E-state index contributed by atoms with van der Waals surface area (Å²) in [7, 11) is 0. The average Bonchev–Trinajstić information content (AvgIpc) is 3.38. The number of anilines is 1.